The van der Waals surface area contributed by atoms with Gasteiger partial charge < -0.3 is 25.4 Å². The lowest BCUT2D eigenvalue weighted by Gasteiger charge is -2.39. The van der Waals surface area contributed by atoms with Crippen molar-refractivity contribution in [1.82, 2.24) is 5.32 Å². The molecule has 4 N–H and O–H groups in total. The maximum absolute atomic E-state index is 13.0. The number of esters is 1. The summed E-state index contributed by atoms with van der Waals surface area (Å²) in [7, 11) is -2.87. The second-order valence-electron chi connectivity index (χ2n) is 7.70. The predicted octanol–water partition coefficient (Wildman–Crippen LogP) is 1.25. The number of carboxylic acids is 1. The van der Waals surface area contributed by atoms with Crippen molar-refractivity contribution in [2.24, 2.45) is 11.1 Å². The maximum atomic E-state index is 13.0. The quantitative estimate of drug-likeness (QED) is 0.362. The monoisotopic (exact) mass is 458 g/mol. The minimum absolute atomic E-state index is 0.0159. The highest BCUT2D eigenvalue weighted by Crippen LogP contribution is 2.56. The number of ether oxygens (including phenoxy) is 1. The number of rotatable bonds is 9. The summed E-state index contributed by atoms with van der Waals surface area (Å²) in [4.78, 5) is 34.6. The smallest absolute Gasteiger partial charge is 0.480 e. The van der Waals surface area contributed by atoms with Crippen LogP contribution in [0, 0.1) is 5.41 Å². The summed E-state index contributed by atoms with van der Waals surface area (Å²) in [5, 5.41) is 11.4. The number of methoxy groups -OCH3 is 1. The van der Waals surface area contributed by atoms with Crippen LogP contribution in [0.15, 0.2) is 24.3 Å². The molecule has 1 aliphatic heterocycles. The molecule has 1 amide bonds. The highest BCUT2D eigenvalue weighted by Gasteiger charge is 2.49. The molecule has 0 spiro atoms. The molecule has 1 aromatic carbocycles. The van der Waals surface area contributed by atoms with Crippen molar-refractivity contribution in [3.05, 3.63) is 29.8 Å². The van der Waals surface area contributed by atoms with Gasteiger partial charge in [0.15, 0.2) is 6.10 Å². The van der Waals surface area contributed by atoms with Crippen molar-refractivity contribution in [1.29, 1.82) is 0 Å². The molecule has 1 aromatic rings. The first-order chi connectivity index (χ1) is 14.5. The normalized spacial score (nSPS) is 23.4. The zero-order valence-corrected chi connectivity index (χ0v) is 18.4. The van der Waals surface area contributed by atoms with E-state index in [2.05, 4.69) is 10.1 Å². The highest BCUT2D eigenvalue weighted by molar-refractivity contribution is 7.49. The fraction of sp³-hybridized carbons (Fsp3) is 0.526. The summed E-state index contributed by atoms with van der Waals surface area (Å²) < 4.78 is 33.6. The number of carbonyl (C=O) groups excluding carboxylic acids is 2. The number of aliphatic carboxylic acids is 1. The molecule has 2 rings (SSSR count). The number of nitrogens with two attached hydrogens (primary N) is 1. The second-order valence-corrected chi connectivity index (χ2v) is 9.24. The lowest BCUT2D eigenvalue weighted by molar-refractivity contribution is -0.142. The summed E-state index contributed by atoms with van der Waals surface area (Å²) in [5.41, 5.74) is 5.35. The number of hydrogen-bond acceptors (Lipinski definition) is 9. The van der Waals surface area contributed by atoms with Crippen LogP contribution in [-0.2, 0) is 39.2 Å². The van der Waals surface area contributed by atoms with Gasteiger partial charge >= 0.3 is 19.8 Å². The third-order valence-electron chi connectivity index (χ3n) is 4.55. The first-order valence-electron chi connectivity index (χ1n) is 9.50. The molecule has 12 heteroatoms. The van der Waals surface area contributed by atoms with Crippen LogP contribution in [0.5, 0.6) is 5.75 Å². The van der Waals surface area contributed by atoms with Gasteiger partial charge in [-0.25, -0.2) is 4.57 Å². The largest absolute Gasteiger partial charge is 0.530 e. The van der Waals surface area contributed by atoms with Crippen molar-refractivity contribution in [2.75, 3.05) is 20.3 Å². The van der Waals surface area contributed by atoms with Gasteiger partial charge in [-0.1, -0.05) is 26.0 Å². The third kappa shape index (κ3) is 7.03. The zero-order valence-electron chi connectivity index (χ0n) is 17.5. The van der Waals surface area contributed by atoms with E-state index >= 15 is 0 Å². The number of phosphoric acid groups is 1. The van der Waals surface area contributed by atoms with E-state index in [1.807, 2.05) is 0 Å². The van der Waals surface area contributed by atoms with E-state index in [1.165, 1.54) is 19.2 Å². The van der Waals surface area contributed by atoms with Crippen LogP contribution in [0.1, 0.15) is 25.8 Å². The molecule has 31 heavy (non-hydrogen) atoms. The number of benzene rings is 1. The number of carboxylic acid groups (broad SMARTS) is 1. The molecule has 1 saturated heterocycles. The van der Waals surface area contributed by atoms with E-state index in [1.54, 1.807) is 26.0 Å². The first kappa shape index (κ1) is 24.8. The number of nitrogens with one attached hydrogen (secondary N) is 1. The third-order valence-corrected chi connectivity index (χ3v) is 5.90. The number of carbonyl (C=O) groups is 3. The van der Waals surface area contributed by atoms with Crippen molar-refractivity contribution in [2.45, 2.75) is 38.8 Å². The van der Waals surface area contributed by atoms with Gasteiger partial charge in [0.1, 0.15) is 11.8 Å². The Balaban J connectivity index is 2.03. The lowest BCUT2D eigenvalue weighted by atomic mass is 9.87. The Hall–Kier alpha value is -2.46. The summed E-state index contributed by atoms with van der Waals surface area (Å²) in [6.07, 6.45) is -1.04. The van der Waals surface area contributed by atoms with E-state index < -0.39 is 43.2 Å². The van der Waals surface area contributed by atoms with Gasteiger partial charge in [-0.15, -0.1) is 0 Å². The lowest BCUT2D eigenvalue weighted by Crippen LogP contribution is -2.50. The van der Waals surface area contributed by atoms with Gasteiger partial charge in [-0.3, -0.25) is 23.4 Å². The topological polar surface area (TPSA) is 163 Å². The van der Waals surface area contributed by atoms with Crippen LogP contribution in [0.25, 0.3) is 0 Å². The Morgan fingerprint density at radius 1 is 1.32 bits per heavy atom. The van der Waals surface area contributed by atoms with E-state index in [-0.39, 0.29) is 31.7 Å². The van der Waals surface area contributed by atoms with Crippen molar-refractivity contribution >= 4 is 25.7 Å². The average Bonchev–Trinajstić information content (AvgIpc) is 2.71. The summed E-state index contributed by atoms with van der Waals surface area (Å²) in [6, 6.07) is 5.06. The Kier molecular flexibility index (Phi) is 8.19. The zero-order chi connectivity index (χ0) is 23.2. The predicted molar refractivity (Wildman–Crippen MR) is 108 cm³/mol. The van der Waals surface area contributed by atoms with Gasteiger partial charge in [0.2, 0.25) is 0 Å². The summed E-state index contributed by atoms with van der Waals surface area (Å²) in [5.74, 6) is -2.00. The molecule has 1 unspecified atom stereocenters. The number of hydrogen-bond donors (Lipinski definition) is 3. The minimum Gasteiger partial charge on any atom is -0.480 e. The van der Waals surface area contributed by atoms with Crippen LogP contribution >= 0.6 is 7.82 Å². The highest BCUT2D eigenvalue weighted by atomic mass is 31.2. The fourth-order valence-corrected chi connectivity index (χ4v) is 4.38. The molecule has 0 aliphatic carbocycles. The van der Waals surface area contributed by atoms with E-state index in [4.69, 9.17) is 24.4 Å². The van der Waals surface area contributed by atoms with E-state index in [0.717, 1.165) is 0 Å². The molecule has 1 aliphatic rings. The van der Waals surface area contributed by atoms with Gasteiger partial charge in [-0.2, -0.15) is 0 Å². The Morgan fingerprint density at radius 2 is 1.97 bits per heavy atom. The van der Waals surface area contributed by atoms with Gasteiger partial charge in [0.25, 0.3) is 5.91 Å². The molecule has 0 aromatic heterocycles. The second kappa shape index (κ2) is 10.2. The Bertz CT molecular complexity index is 856. The minimum atomic E-state index is -4.11. The Morgan fingerprint density at radius 3 is 2.55 bits per heavy atom. The molecular weight excluding hydrogens is 431 g/mol. The molecule has 11 nitrogen and oxygen atoms in total. The van der Waals surface area contributed by atoms with Gasteiger partial charge in [0, 0.05) is 12.0 Å². The van der Waals surface area contributed by atoms with Crippen LogP contribution in [-0.4, -0.2) is 55.4 Å². The van der Waals surface area contributed by atoms with Crippen LogP contribution < -0.4 is 15.6 Å². The molecule has 0 bridgehead atoms. The van der Waals surface area contributed by atoms with Crippen molar-refractivity contribution in [3.63, 3.8) is 0 Å². The molecule has 3 atom stereocenters. The first-order valence-corrected chi connectivity index (χ1v) is 11.0. The van der Waals surface area contributed by atoms with Crippen molar-refractivity contribution < 1.29 is 42.4 Å². The van der Waals surface area contributed by atoms with E-state index in [9.17, 15) is 18.9 Å². The average molecular weight is 458 g/mol. The van der Waals surface area contributed by atoms with E-state index in [0.29, 0.717) is 5.56 Å². The molecule has 0 saturated carbocycles. The molecular formula is C19H27N2O9P. The molecule has 1 fully saturated rings. The molecule has 1 heterocycles. The van der Waals surface area contributed by atoms with Crippen LogP contribution in [0.3, 0.4) is 0 Å². The standard InChI is InChI=1S/C19H27N2O9P/c1-19(2)11-28-31(26,30-16(19)17(23)21-9-8-15(22)27-3)29-13-6-4-12(5-7-13)10-14(20)18(24)25/h4-7,14,16H,8-11,20H2,1-3H3,(H,21,23)(H,24,25)/t14?,16-,31+/m0/s1. The van der Waals surface area contributed by atoms with Crippen LogP contribution in [0.4, 0.5) is 0 Å². The number of amides is 1. The Labute approximate surface area is 179 Å². The number of phosphoric ester groups is 1. The van der Waals surface area contributed by atoms with Gasteiger partial charge in [0.05, 0.1) is 20.1 Å². The van der Waals surface area contributed by atoms with Gasteiger partial charge in [-0.05, 0) is 24.1 Å². The SMILES string of the molecule is COC(=O)CCNC(=O)[C@@H]1O[P@@](=O)(Oc2ccc(CC(N)C(=O)O)cc2)OCC1(C)C. The van der Waals surface area contributed by atoms with Crippen molar-refractivity contribution in [3.8, 4) is 5.75 Å². The summed E-state index contributed by atoms with van der Waals surface area (Å²) in [6.45, 7) is 3.39. The fourth-order valence-electron chi connectivity index (χ4n) is 2.71. The summed E-state index contributed by atoms with van der Waals surface area (Å²) >= 11 is 0. The molecule has 172 valence electrons. The van der Waals surface area contributed by atoms with Crippen LogP contribution in [0.2, 0.25) is 0 Å². The maximum Gasteiger partial charge on any atom is 0.530 e. The molecule has 0 radical (unpaired) electrons.